The van der Waals surface area contributed by atoms with Crippen LogP contribution in [0.5, 0.6) is 0 Å². The maximum absolute atomic E-state index is 11.6. The third kappa shape index (κ3) is 4.82. The van der Waals surface area contributed by atoms with E-state index < -0.39 is 0 Å². The van der Waals surface area contributed by atoms with Gasteiger partial charge in [-0.25, -0.2) is 0 Å². The molecule has 0 bridgehead atoms. The number of ether oxygens (including phenoxy) is 1. The molecule has 0 aromatic rings. The van der Waals surface area contributed by atoms with Crippen LogP contribution in [0.15, 0.2) is 0 Å². The van der Waals surface area contributed by atoms with Crippen molar-refractivity contribution in [2.24, 2.45) is 5.92 Å². The molecule has 2 aliphatic heterocycles. The van der Waals surface area contributed by atoms with Crippen LogP contribution in [-0.2, 0) is 14.3 Å². The predicted octanol–water partition coefficient (Wildman–Crippen LogP) is 0.932. The Kier molecular flexibility index (Phi) is 5.63. The van der Waals surface area contributed by atoms with Crippen LogP contribution in [0.25, 0.3) is 0 Å². The number of rotatable bonds is 7. The Labute approximate surface area is 114 Å². The van der Waals surface area contributed by atoms with Gasteiger partial charge in [0.2, 0.25) is 11.8 Å². The van der Waals surface area contributed by atoms with Gasteiger partial charge >= 0.3 is 0 Å². The van der Waals surface area contributed by atoms with E-state index in [-0.39, 0.29) is 11.8 Å². The minimum atomic E-state index is 0.102. The van der Waals surface area contributed by atoms with Gasteiger partial charge in [0.05, 0.1) is 0 Å². The van der Waals surface area contributed by atoms with Crippen LogP contribution in [0.1, 0.15) is 38.5 Å². The van der Waals surface area contributed by atoms with Gasteiger partial charge in [-0.05, 0) is 31.6 Å². The fourth-order valence-electron chi connectivity index (χ4n) is 2.69. The molecule has 2 aliphatic rings. The quantitative estimate of drug-likeness (QED) is 0.747. The molecule has 0 aromatic carbocycles. The number of amides is 2. The van der Waals surface area contributed by atoms with Gasteiger partial charge in [0.25, 0.3) is 0 Å². The van der Waals surface area contributed by atoms with E-state index in [1.165, 1.54) is 0 Å². The van der Waals surface area contributed by atoms with Crippen molar-refractivity contribution in [2.45, 2.75) is 38.5 Å². The summed E-state index contributed by atoms with van der Waals surface area (Å²) in [6.07, 6.45) is 5.06. The van der Waals surface area contributed by atoms with Gasteiger partial charge in [0.1, 0.15) is 0 Å². The summed E-state index contributed by atoms with van der Waals surface area (Å²) < 4.78 is 5.30. The zero-order valence-corrected chi connectivity index (χ0v) is 11.5. The Bertz CT molecular complexity index is 314. The van der Waals surface area contributed by atoms with Crippen LogP contribution in [0, 0.1) is 5.92 Å². The summed E-state index contributed by atoms with van der Waals surface area (Å²) in [5, 5.41) is 2.95. The van der Waals surface area contributed by atoms with E-state index in [9.17, 15) is 9.59 Å². The molecule has 2 saturated heterocycles. The number of nitrogens with zero attached hydrogens (tertiary/aromatic N) is 1. The maximum atomic E-state index is 11.6. The number of carbonyl (C=O) groups excluding carboxylic acids is 2. The fourth-order valence-corrected chi connectivity index (χ4v) is 2.69. The summed E-state index contributed by atoms with van der Waals surface area (Å²) in [6.45, 7) is 4.04. The summed E-state index contributed by atoms with van der Waals surface area (Å²) in [7, 11) is 0. The standard InChI is InChI=1S/C14H24N2O3/c17-13(15-7-5-12-6-10-19-11-12)3-1-8-16-9-2-4-14(16)18/h12H,1-11H2,(H,15,17)/t12-/m1/s1. The summed E-state index contributed by atoms with van der Waals surface area (Å²) >= 11 is 0. The van der Waals surface area contributed by atoms with E-state index in [1.807, 2.05) is 4.90 Å². The summed E-state index contributed by atoms with van der Waals surface area (Å²) in [4.78, 5) is 24.9. The van der Waals surface area contributed by atoms with Crippen molar-refractivity contribution in [2.75, 3.05) is 32.8 Å². The lowest BCUT2D eigenvalue weighted by atomic mass is 10.1. The first kappa shape index (κ1) is 14.3. The normalized spacial score (nSPS) is 23.1. The molecule has 0 aliphatic carbocycles. The molecule has 0 radical (unpaired) electrons. The largest absolute Gasteiger partial charge is 0.381 e. The average molecular weight is 268 g/mol. The van der Waals surface area contributed by atoms with Crippen molar-refractivity contribution in [3.8, 4) is 0 Å². The summed E-state index contributed by atoms with van der Waals surface area (Å²) in [6, 6.07) is 0. The van der Waals surface area contributed by atoms with Crippen molar-refractivity contribution in [1.82, 2.24) is 10.2 Å². The molecule has 0 spiro atoms. The van der Waals surface area contributed by atoms with E-state index >= 15 is 0 Å². The Morgan fingerprint density at radius 1 is 1.47 bits per heavy atom. The fraction of sp³-hybridized carbons (Fsp3) is 0.857. The monoisotopic (exact) mass is 268 g/mol. The molecule has 1 N–H and O–H groups in total. The van der Waals surface area contributed by atoms with E-state index in [1.54, 1.807) is 0 Å². The van der Waals surface area contributed by atoms with E-state index in [4.69, 9.17) is 4.74 Å². The minimum Gasteiger partial charge on any atom is -0.381 e. The van der Waals surface area contributed by atoms with Crippen LogP contribution in [0.4, 0.5) is 0 Å². The minimum absolute atomic E-state index is 0.102. The third-order valence-corrected chi connectivity index (χ3v) is 3.90. The van der Waals surface area contributed by atoms with Crippen LogP contribution in [0.2, 0.25) is 0 Å². The van der Waals surface area contributed by atoms with Crippen molar-refractivity contribution < 1.29 is 14.3 Å². The molecule has 5 nitrogen and oxygen atoms in total. The Balaban J connectivity index is 1.48. The van der Waals surface area contributed by atoms with Crippen molar-refractivity contribution in [3.05, 3.63) is 0 Å². The van der Waals surface area contributed by atoms with Crippen LogP contribution in [0.3, 0.4) is 0 Å². The Morgan fingerprint density at radius 2 is 2.37 bits per heavy atom. The van der Waals surface area contributed by atoms with Crippen molar-refractivity contribution >= 4 is 11.8 Å². The highest BCUT2D eigenvalue weighted by molar-refractivity contribution is 5.78. The second-order valence-corrected chi connectivity index (χ2v) is 5.46. The first-order valence-electron chi connectivity index (χ1n) is 7.38. The van der Waals surface area contributed by atoms with Crippen LogP contribution in [-0.4, -0.2) is 49.6 Å². The highest BCUT2D eigenvalue weighted by Gasteiger charge is 2.19. The van der Waals surface area contributed by atoms with Crippen LogP contribution < -0.4 is 5.32 Å². The summed E-state index contributed by atoms with van der Waals surface area (Å²) in [5.41, 5.74) is 0. The van der Waals surface area contributed by atoms with E-state index in [0.717, 1.165) is 58.5 Å². The SMILES string of the molecule is O=C(CCCN1CCCC1=O)NCC[C@@H]1CCOC1. The zero-order valence-electron chi connectivity index (χ0n) is 11.5. The first-order chi connectivity index (χ1) is 9.25. The Morgan fingerprint density at radius 3 is 3.05 bits per heavy atom. The second-order valence-electron chi connectivity index (χ2n) is 5.46. The Hall–Kier alpha value is -1.10. The zero-order chi connectivity index (χ0) is 13.5. The lowest BCUT2D eigenvalue weighted by molar-refractivity contribution is -0.128. The number of hydrogen-bond donors (Lipinski definition) is 1. The number of nitrogens with one attached hydrogen (secondary N) is 1. The van der Waals surface area contributed by atoms with Gasteiger partial charge in [0.15, 0.2) is 0 Å². The molecular weight excluding hydrogens is 244 g/mol. The molecule has 0 aromatic heterocycles. The molecule has 2 amide bonds. The predicted molar refractivity (Wildman–Crippen MR) is 71.6 cm³/mol. The molecule has 2 heterocycles. The van der Waals surface area contributed by atoms with Crippen molar-refractivity contribution in [1.29, 1.82) is 0 Å². The molecule has 2 fully saturated rings. The van der Waals surface area contributed by atoms with Crippen molar-refractivity contribution in [3.63, 3.8) is 0 Å². The number of likely N-dealkylation sites (tertiary alicyclic amines) is 1. The number of carbonyl (C=O) groups is 2. The van der Waals surface area contributed by atoms with E-state index in [2.05, 4.69) is 5.32 Å². The van der Waals surface area contributed by atoms with Gasteiger partial charge < -0.3 is 15.0 Å². The molecule has 108 valence electrons. The highest BCUT2D eigenvalue weighted by Crippen LogP contribution is 2.15. The molecule has 2 rings (SSSR count). The van der Waals surface area contributed by atoms with E-state index in [0.29, 0.717) is 18.8 Å². The summed E-state index contributed by atoms with van der Waals surface area (Å²) in [5.74, 6) is 0.953. The van der Waals surface area contributed by atoms with Gasteiger partial charge in [0, 0.05) is 45.7 Å². The molecule has 1 atom stereocenters. The smallest absolute Gasteiger partial charge is 0.222 e. The van der Waals surface area contributed by atoms with Gasteiger partial charge in [-0.2, -0.15) is 0 Å². The number of hydrogen-bond acceptors (Lipinski definition) is 3. The van der Waals surface area contributed by atoms with Crippen LogP contribution >= 0.6 is 0 Å². The van der Waals surface area contributed by atoms with Gasteiger partial charge in [-0.1, -0.05) is 0 Å². The maximum Gasteiger partial charge on any atom is 0.222 e. The molecule has 0 unspecified atom stereocenters. The average Bonchev–Trinajstić information content (AvgIpc) is 3.02. The molecule has 0 saturated carbocycles. The molecule has 5 heteroatoms. The van der Waals surface area contributed by atoms with Gasteiger partial charge in [-0.15, -0.1) is 0 Å². The first-order valence-corrected chi connectivity index (χ1v) is 7.38. The molecule has 19 heavy (non-hydrogen) atoms. The molecular formula is C14H24N2O3. The third-order valence-electron chi connectivity index (χ3n) is 3.90. The lowest BCUT2D eigenvalue weighted by Crippen LogP contribution is -2.29. The second kappa shape index (κ2) is 7.48. The van der Waals surface area contributed by atoms with Gasteiger partial charge in [-0.3, -0.25) is 9.59 Å². The highest BCUT2D eigenvalue weighted by atomic mass is 16.5. The topological polar surface area (TPSA) is 58.6 Å². The lowest BCUT2D eigenvalue weighted by Gasteiger charge is -2.15.